The van der Waals surface area contributed by atoms with Crippen LogP contribution in [0, 0.1) is 0 Å². The van der Waals surface area contributed by atoms with Crippen molar-refractivity contribution in [2.45, 2.75) is 32.5 Å². The van der Waals surface area contributed by atoms with Crippen LogP contribution in [0.3, 0.4) is 0 Å². The second kappa shape index (κ2) is 6.69. The van der Waals surface area contributed by atoms with Crippen molar-refractivity contribution in [2.75, 3.05) is 13.2 Å². The summed E-state index contributed by atoms with van der Waals surface area (Å²) in [6, 6.07) is 0. The van der Waals surface area contributed by atoms with Crippen molar-refractivity contribution < 1.29 is 23.0 Å². The van der Waals surface area contributed by atoms with Gasteiger partial charge in [-0.05, 0) is 20.8 Å². The molecule has 0 aromatic heterocycles. The summed E-state index contributed by atoms with van der Waals surface area (Å²) in [5.41, 5.74) is -0.611. The molecule has 15 heavy (non-hydrogen) atoms. The molecule has 0 spiro atoms. The maximum atomic E-state index is 12.8. The zero-order valence-electron chi connectivity index (χ0n) is 8.95. The number of amides is 1. The highest BCUT2D eigenvalue weighted by Gasteiger charge is 2.17. The molecule has 0 aliphatic heterocycles. The molecule has 5 nitrogen and oxygen atoms in total. The van der Waals surface area contributed by atoms with Gasteiger partial charge in [-0.2, -0.15) is 0 Å². The normalized spacial score (nSPS) is 13.6. The maximum Gasteiger partial charge on any atom is 0.407 e. The molecule has 1 atom stereocenters. The van der Waals surface area contributed by atoms with Crippen LogP contribution in [0.5, 0.6) is 0 Å². The average Bonchev–Trinajstić information content (AvgIpc) is 2.08. The number of carbonyl (C=O) groups excluding carboxylic acids is 1. The van der Waals surface area contributed by atoms with Crippen molar-refractivity contribution in [1.29, 1.82) is 0 Å². The van der Waals surface area contributed by atoms with Gasteiger partial charge >= 0.3 is 14.8 Å². The van der Waals surface area contributed by atoms with Gasteiger partial charge in [-0.15, -0.1) is 0 Å². The van der Waals surface area contributed by atoms with Gasteiger partial charge in [0.1, 0.15) is 11.8 Å². The molecule has 0 aliphatic carbocycles. The Bertz CT molecular complexity index is 219. The van der Waals surface area contributed by atoms with E-state index in [2.05, 4.69) is 9.84 Å². The Morgan fingerprint density at radius 3 is 2.60 bits per heavy atom. The van der Waals surface area contributed by atoms with Crippen LogP contribution >= 0.6 is 8.69 Å². The van der Waals surface area contributed by atoms with Gasteiger partial charge in [0.2, 0.25) is 0 Å². The molecular formula is C8H15FNO4P. The van der Waals surface area contributed by atoms with Crippen LogP contribution in [0.4, 0.5) is 9.18 Å². The number of rotatable bonds is 5. The third-order valence-electron chi connectivity index (χ3n) is 1.17. The third kappa shape index (κ3) is 9.56. The lowest BCUT2D eigenvalue weighted by Gasteiger charge is -2.20. The van der Waals surface area contributed by atoms with E-state index in [1.807, 2.05) is 0 Å². The maximum absolute atomic E-state index is 12.8. The molecular weight excluding hydrogens is 224 g/mol. The molecule has 0 radical (unpaired) electrons. The fraction of sp³-hybridized carbons (Fsp3) is 0.875. The van der Waals surface area contributed by atoms with E-state index in [4.69, 9.17) is 4.74 Å². The van der Waals surface area contributed by atoms with Gasteiger partial charge in [-0.3, -0.25) is 4.52 Å². The standard InChI is InChI=1S/C8H15FNO4P/c1-8(2,3)14-7(11)10-4-6(9)5-13-15-12/h6H,4-5H2,1-3H3,(H,10,11)/t6-/m0/s1. The van der Waals surface area contributed by atoms with E-state index in [0.29, 0.717) is 0 Å². The monoisotopic (exact) mass is 239 g/mol. The number of alkyl carbamates (subject to hydrolysis) is 1. The number of alkyl halides is 1. The number of hydrogen-bond acceptors (Lipinski definition) is 4. The first-order valence-electron chi connectivity index (χ1n) is 4.40. The molecule has 1 amide bonds. The Hall–Kier alpha value is -0.740. The first kappa shape index (κ1) is 14.3. The SMILES string of the molecule is CC(C)(C)OC(=O)NC[C@H](F)COP=O. The molecule has 0 aromatic rings. The minimum absolute atomic E-state index is 0.232. The predicted molar refractivity (Wildman–Crippen MR) is 52.7 cm³/mol. The summed E-state index contributed by atoms with van der Waals surface area (Å²) in [5, 5.41) is 2.23. The minimum atomic E-state index is -1.40. The van der Waals surface area contributed by atoms with E-state index in [1.54, 1.807) is 20.8 Å². The van der Waals surface area contributed by atoms with Gasteiger partial charge in [-0.25, -0.2) is 13.8 Å². The summed E-state index contributed by atoms with van der Waals surface area (Å²) in [7, 11) is -0.576. The van der Waals surface area contributed by atoms with Crippen molar-refractivity contribution in [3.63, 3.8) is 0 Å². The Balaban J connectivity index is 3.66. The van der Waals surface area contributed by atoms with Crippen LogP contribution in [-0.2, 0) is 13.8 Å². The van der Waals surface area contributed by atoms with Crippen molar-refractivity contribution in [3.8, 4) is 0 Å². The van der Waals surface area contributed by atoms with Crippen LogP contribution in [0.15, 0.2) is 0 Å². The highest BCUT2D eigenvalue weighted by atomic mass is 31.1. The Morgan fingerprint density at radius 1 is 1.53 bits per heavy atom. The second-order valence-electron chi connectivity index (χ2n) is 3.85. The average molecular weight is 239 g/mol. The van der Waals surface area contributed by atoms with Crippen LogP contribution in [0.1, 0.15) is 20.8 Å². The summed E-state index contributed by atoms with van der Waals surface area (Å²) in [6.45, 7) is 4.56. The molecule has 88 valence electrons. The molecule has 0 fully saturated rings. The van der Waals surface area contributed by atoms with Crippen LogP contribution in [0.2, 0.25) is 0 Å². The van der Waals surface area contributed by atoms with Crippen LogP contribution in [-0.4, -0.2) is 31.0 Å². The van der Waals surface area contributed by atoms with Crippen molar-refractivity contribution >= 4 is 14.8 Å². The van der Waals surface area contributed by atoms with Gasteiger partial charge in [-0.1, -0.05) is 0 Å². The lowest BCUT2D eigenvalue weighted by Crippen LogP contribution is -2.36. The molecule has 0 saturated carbocycles. The van der Waals surface area contributed by atoms with Gasteiger partial charge in [0.25, 0.3) is 0 Å². The van der Waals surface area contributed by atoms with E-state index in [9.17, 15) is 13.8 Å². The largest absolute Gasteiger partial charge is 0.444 e. The second-order valence-corrected chi connectivity index (χ2v) is 4.26. The van der Waals surface area contributed by atoms with E-state index < -0.39 is 26.6 Å². The quantitative estimate of drug-likeness (QED) is 0.746. The summed E-state index contributed by atoms with van der Waals surface area (Å²) in [4.78, 5) is 11.0. The summed E-state index contributed by atoms with van der Waals surface area (Å²) in [5.74, 6) is 0. The van der Waals surface area contributed by atoms with Gasteiger partial charge in [0, 0.05) is 0 Å². The van der Waals surface area contributed by atoms with E-state index in [1.165, 1.54) is 0 Å². The smallest absolute Gasteiger partial charge is 0.407 e. The molecule has 0 unspecified atom stereocenters. The fourth-order valence-electron chi connectivity index (χ4n) is 0.678. The number of carbonyl (C=O) groups is 1. The zero-order chi connectivity index (χ0) is 11.9. The molecule has 7 heteroatoms. The van der Waals surface area contributed by atoms with Gasteiger partial charge in [0.15, 0.2) is 0 Å². The first-order chi connectivity index (χ1) is 6.85. The van der Waals surface area contributed by atoms with Crippen molar-refractivity contribution in [1.82, 2.24) is 5.32 Å². The highest BCUT2D eigenvalue weighted by Crippen LogP contribution is 2.06. The zero-order valence-corrected chi connectivity index (χ0v) is 9.84. The van der Waals surface area contributed by atoms with Crippen molar-refractivity contribution in [2.24, 2.45) is 0 Å². The Labute approximate surface area is 89.6 Å². The third-order valence-corrected chi connectivity index (χ3v) is 1.43. The van der Waals surface area contributed by atoms with Crippen LogP contribution in [0.25, 0.3) is 0 Å². The Morgan fingerprint density at radius 2 is 2.13 bits per heavy atom. The van der Waals surface area contributed by atoms with E-state index >= 15 is 0 Å². The molecule has 0 heterocycles. The molecule has 0 bridgehead atoms. The fourth-order valence-corrected chi connectivity index (χ4v) is 0.901. The van der Waals surface area contributed by atoms with Gasteiger partial charge < -0.3 is 10.1 Å². The Kier molecular flexibility index (Phi) is 6.36. The predicted octanol–water partition coefficient (Wildman–Crippen LogP) is 2.07. The summed E-state index contributed by atoms with van der Waals surface area (Å²) < 4.78 is 31.8. The minimum Gasteiger partial charge on any atom is -0.444 e. The number of ether oxygens (including phenoxy) is 1. The number of hydrogen-bond donors (Lipinski definition) is 1. The van der Waals surface area contributed by atoms with E-state index in [-0.39, 0.29) is 13.2 Å². The number of nitrogens with one attached hydrogen (secondary N) is 1. The highest BCUT2D eigenvalue weighted by molar-refractivity contribution is 7.17. The molecule has 0 aromatic carbocycles. The molecule has 0 saturated heterocycles. The molecule has 1 N–H and O–H groups in total. The topological polar surface area (TPSA) is 64.6 Å². The summed E-state index contributed by atoms with van der Waals surface area (Å²) >= 11 is 0. The lowest BCUT2D eigenvalue weighted by molar-refractivity contribution is 0.0507. The summed E-state index contributed by atoms with van der Waals surface area (Å²) in [6.07, 6.45) is -2.09. The van der Waals surface area contributed by atoms with Crippen LogP contribution < -0.4 is 5.32 Å². The lowest BCUT2D eigenvalue weighted by atomic mass is 10.2. The number of halogens is 1. The van der Waals surface area contributed by atoms with Gasteiger partial charge in [0.05, 0.1) is 13.2 Å². The molecule has 0 rings (SSSR count). The van der Waals surface area contributed by atoms with E-state index in [0.717, 1.165) is 0 Å². The van der Waals surface area contributed by atoms with Crippen molar-refractivity contribution in [3.05, 3.63) is 0 Å². The first-order valence-corrected chi connectivity index (χ1v) is 5.13. The molecule has 0 aliphatic rings.